The van der Waals surface area contributed by atoms with Crippen molar-refractivity contribution in [1.29, 1.82) is 0 Å². The summed E-state index contributed by atoms with van der Waals surface area (Å²) in [4.78, 5) is 17.4. The number of carbonyl (C=O) groups is 1. The minimum Gasteiger partial charge on any atom is -0.326 e. The van der Waals surface area contributed by atoms with Gasteiger partial charge in [-0.05, 0) is 75.2 Å². The maximum atomic E-state index is 13.2. The van der Waals surface area contributed by atoms with E-state index < -0.39 is 0 Å². The van der Waals surface area contributed by atoms with Gasteiger partial charge >= 0.3 is 0 Å². The lowest BCUT2D eigenvalue weighted by atomic mass is 10.1. The topological polar surface area (TPSA) is 71.3 Å². The zero-order valence-electron chi connectivity index (χ0n) is 17.9. The summed E-state index contributed by atoms with van der Waals surface area (Å²) in [5.74, 6) is -0.321. The lowest BCUT2D eigenvalue weighted by Gasteiger charge is -2.13. The van der Waals surface area contributed by atoms with Gasteiger partial charge in [0.1, 0.15) is 5.82 Å². The molecule has 0 saturated heterocycles. The minimum absolute atomic E-state index is 0.272. The van der Waals surface area contributed by atoms with Crippen LogP contribution < -0.4 is 10.6 Å². The molecule has 7 heteroatoms. The second kappa shape index (κ2) is 8.90. The van der Waals surface area contributed by atoms with Gasteiger partial charge < -0.3 is 5.32 Å². The third-order valence-corrected chi connectivity index (χ3v) is 5.16. The van der Waals surface area contributed by atoms with Gasteiger partial charge in [-0.2, -0.15) is 5.10 Å². The van der Waals surface area contributed by atoms with Crippen molar-refractivity contribution in [1.82, 2.24) is 15.1 Å². The van der Waals surface area contributed by atoms with Crippen LogP contribution in [0.4, 0.5) is 10.1 Å². The third kappa shape index (κ3) is 4.92. The van der Waals surface area contributed by atoms with Crippen LogP contribution in [0.5, 0.6) is 0 Å². The molecule has 30 heavy (non-hydrogen) atoms. The van der Waals surface area contributed by atoms with E-state index in [0.29, 0.717) is 17.8 Å². The van der Waals surface area contributed by atoms with Crippen molar-refractivity contribution < 1.29 is 9.18 Å². The zero-order chi connectivity index (χ0) is 21.8. The van der Waals surface area contributed by atoms with Crippen molar-refractivity contribution in [3.8, 4) is 0 Å². The first-order chi connectivity index (χ1) is 14.2. The van der Waals surface area contributed by atoms with Gasteiger partial charge in [0.25, 0.3) is 5.91 Å². The molecule has 1 amide bonds. The second-order valence-corrected chi connectivity index (χ2v) is 7.32. The predicted octanol–water partition coefficient (Wildman–Crippen LogP) is 4.19. The second-order valence-electron chi connectivity index (χ2n) is 7.32. The minimum atomic E-state index is -0.334. The number of nitrogens with one attached hydrogen (secondary N) is 2. The Hall–Kier alpha value is -3.48. The Bertz CT molecular complexity index is 1100. The average Bonchev–Trinajstić information content (AvgIpc) is 2.95. The quantitative estimate of drug-likeness (QED) is 0.503. The molecule has 156 valence electrons. The van der Waals surface area contributed by atoms with Crippen molar-refractivity contribution >= 4 is 17.6 Å². The highest BCUT2D eigenvalue weighted by atomic mass is 19.1. The first-order valence-electron chi connectivity index (χ1n) is 9.69. The number of rotatable bonds is 4. The molecule has 2 aromatic carbocycles. The molecule has 0 aliphatic carbocycles. The summed E-state index contributed by atoms with van der Waals surface area (Å²) in [6.45, 7) is 8.22. The van der Waals surface area contributed by atoms with E-state index in [0.717, 1.165) is 28.1 Å². The summed E-state index contributed by atoms with van der Waals surface area (Å²) in [6, 6.07) is 11.4. The zero-order valence-corrected chi connectivity index (χ0v) is 17.9. The molecule has 2 N–H and O–H groups in total. The molecular weight excluding hydrogens is 381 g/mol. The largest absolute Gasteiger partial charge is 0.326 e. The molecule has 1 aromatic heterocycles. The molecule has 0 saturated carbocycles. The number of guanidine groups is 1. The van der Waals surface area contributed by atoms with Crippen molar-refractivity contribution in [2.24, 2.45) is 12.0 Å². The lowest BCUT2D eigenvalue weighted by molar-refractivity contribution is 0.0977. The molecule has 6 nitrogen and oxygen atoms in total. The molecule has 0 radical (unpaired) electrons. The van der Waals surface area contributed by atoms with Crippen molar-refractivity contribution in [3.05, 3.63) is 81.9 Å². The summed E-state index contributed by atoms with van der Waals surface area (Å²) >= 11 is 0. The number of aliphatic imine (C=N–C) groups is 1. The number of halogens is 1. The van der Waals surface area contributed by atoms with E-state index in [9.17, 15) is 9.18 Å². The monoisotopic (exact) mass is 407 g/mol. The molecule has 3 aromatic rings. The number of nitrogens with zero attached hydrogens (tertiary/aromatic N) is 3. The molecule has 0 spiro atoms. The van der Waals surface area contributed by atoms with Gasteiger partial charge in [0.15, 0.2) is 0 Å². The summed E-state index contributed by atoms with van der Waals surface area (Å²) < 4.78 is 15.1. The highest BCUT2D eigenvalue weighted by molar-refractivity contribution is 6.10. The Morgan fingerprint density at radius 1 is 1.07 bits per heavy atom. The van der Waals surface area contributed by atoms with Crippen molar-refractivity contribution in [2.75, 3.05) is 5.32 Å². The predicted molar refractivity (Wildman–Crippen MR) is 117 cm³/mol. The van der Waals surface area contributed by atoms with Gasteiger partial charge in [-0.1, -0.05) is 6.07 Å². The van der Waals surface area contributed by atoms with Crippen LogP contribution in [-0.4, -0.2) is 21.6 Å². The molecular formula is C23H26FN5O. The Labute approximate surface area is 175 Å². The van der Waals surface area contributed by atoms with Gasteiger partial charge in [-0.15, -0.1) is 0 Å². The number of carbonyl (C=O) groups excluding carboxylic acids is 1. The maximum Gasteiger partial charge on any atom is 0.257 e. The van der Waals surface area contributed by atoms with Gasteiger partial charge in [-0.25, -0.2) is 9.38 Å². The van der Waals surface area contributed by atoms with Gasteiger partial charge in [0.05, 0.1) is 12.2 Å². The van der Waals surface area contributed by atoms with E-state index in [2.05, 4.69) is 20.7 Å². The van der Waals surface area contributed by atoms with Crippen LogP contribution in [0, 0.1) is 33.5 Å². The van der Waals surface area contributed by atoms with Crippen LogP contribution in [0.15, 0.2) is 47.5 Å². The van der Waals surface area contributed by atoms with Gasteiger partial charge in [-0.3, -0.25) is 14.8 Å². The first kappa shape index (κ1) is 21.2. The van der Waals surface area contributed by atoms with Crippen LogP contribution >= 0.6 is 0 Å². The molecule has 0 atom stereocenters. The molecule has 0 aliphatic heterocycles. The molecule has 0 unspecified atom stereocenters. The van der Waals surface area contributed by atoms with Gasteiger partial charge in [0, 0.05) is 29.6 Å². The highest BCUT2D eigenvalue weighted by Gasteiger charge is 2.13. The van der Waals surface area contributed by atoms with E-state index in [-0.39, 0.29) is 17.7 Å². The normalized spacial score (nSPS) is 11.5. The smallest absolute Gasteiger partial charge is 0.257 e. The Morgan fingerprint density at radius 3 is 2.37 bits per heavy atom. The summed E-state index contributed by atoms with van der Waals surface area (Å²) in [6.07, 6.45) is 0. The number of hydrogen-bond donors (Lipinski definition) is 2. The molecule has 0 bridgehead atoms. The highest BCUT2D eigenvalue weighted by Crippen LogP contribution is 2.14. The van der Waals surface area contributed by atoms with Gasteiger partial charge in [0.2, 0.25) is 5.96 Å². The Morgan fingerprint density at radius 2 is 1.77 bits per heavy atom. The van der Waals surface area contributed by atoms with E-state index in [1.165, 1.54) is 12.1 Å². The van der Waals surface area contributed by atoms with Crippen LogP contribution in [0.1, 0.15) is 38.4 Å². The fourth-order valence-corrected chi connectivity index (χ4v) is 3.05. The van der Waals surface area contributed by atoms with Crippen LogP contribution in [-0.2, 0) is 13.6 Å². The number of anilines is 1. The molecule has 0 fully saturated rings. The van der Waals surface area contributed by atoms with E-state index >= 15 is 0 Å². The molecule has 0 aliphatic rings. The van der Waals surface area contributed by atoms with E-state index in [1.807, 2.05) is 46.9 Å². The number of aryl methyl sites for hydroxylation is 4. The number of benzene rings is 2. The SMILES string of the molecule is Cc1ccc(C(=O)NC(=NCc2c(C)nn(C)c2C)Nc2ccc(F)cc2)cc1C. The van der Waals surface area contributed by atoms with E-state index in [4.69, 9.17) is 0 Å². The fraction of sp³-hybridized carbons (Fsp3) is 0.261. The van der Waals surface area contributed by atoms with Crippen LogP contribution in [0.2, 0.25) is 0 Å². The maximum absolute atomic E-state index is 13.2. The fourth-order valence-electron chi connectivity index (χ4n) is 3.05. The first-order valence-corrected chi connectivity index (χ1v) is 9.69. The lowest BCUT2D eigenvalue weighted by Crippen LogP contribution is -2.36. The van der Waals surface area contributed by atoms with Crippen molar-refractivity contribution in [2.45, 2.75) is 34.2 Å². The average molecular weight is 407 g/mol. The summed E-state index contributed by atoms with van der Waals surface area (Å²) in [5, 5.41) is 10.3. The van der Waals surface area contributed by atoms with Crippen molar-refractivity contribution in [3.63, 3.8) is 0 Å². The van der Waals surface area contributed by atoms with E-state index in [1.54, 1.807) is 22.9 Å². The molecule has 3 rings (SSSR count). The number of amides is 1. The standard InChI is InChI=1S/C23H26FN5O/c1-14-6-7-18(12-15(14)2)22(30)27-23(26-20-10-8-19(24)9-11-20)25-13-21-16(3)28-29(5)17(21)4/h6-12H,13H2,1-5H3,(H2,25,26,27,30). The number of aromatic nitrogens is 2. The number of hydrogen-bond acceptors (Lipinski definition) is 3. The third-order valence-electron chi connectivity index (χ3n) is 5.16. The van der Waals surface area contributed by atoms with Crippen LogP contribution in [0.25, 0.3) is 0 Å². The molecule has 1 heterocycles. The Kier molecular flexibility index (Phi) is 6.30. The Balaban J connectivity index is 1.86. The van der Waals surface area contributed by atoms with Crippen LogP contribution in [0.3, 0.4) is 0 Å². The summed E-state index contributed by atoms with van der Waals surface area (Å²) in [5.41, 5.74) is 6.21. The summed E-state index contributed by atoms with van der Waals surface area (Å²) in [7, 11) is 1.88.